The maximum Gasteiger partial charge on any atom is 0.278 e. The highest BCUT2D eigenvalue weighted by molar-refractivity contribution is 7.80. The van der Waals surface area contributed by atoms with Crippen molar-refractivity contribution < 1.29 is 4.92 Å². The molecular formula is C9H7NO2S2. The highest BCUT2D eigenvalue weighted by atomic mass is 32.1. The van der Waals surface area contributed by atoms with E-state index < -0.39 is 0 Å². The van der Waals surface area contributed by atoms with Crippen LogP contribution in [0.1, 0.15) is 4.88 Å². The molecule has 0 radical (unpaired) electrons. The molecule has 0 unspecified atom stereocenters. The zero-order valence-corrected chi connectivity index (χ0v) is 9.06. The molecule has 2 aromatic rings. The average Bonchev–Trinajstić information content (AvgIpc) is 2.47. The standard InChI is InChI=1S/C9H7NO2S2/c1-5-4-6-7(10(11)12)2-3-8(13)9(6)14-5/h2-4,13H,1H3. The van der Waals surface area contributed by atoms with E-state index in [2.05, 4.69) is 12.6 Å². The van der Waals surface area contributed by atoms with Gasteiger partial charge in [0.2, 0.25) is 0 Å². The summed E-state index contributed by atoms with van der Waals surface area (Å²) in [5.41, 5.74) is 0.155. The Kier molecular flexibility index (Phi) is 2.20. The Bertz CT molecular complexity index is 519. The molecule has 0 saturated heterocycles. The Morgan fingerprint density at radius 3 is 2.86 bits per heavy atom. The highest BCUT2D eigenvalue weighted by Crippen LogP contribution is 2.36. The van der Waals surface area contributed by atoms with Crippen LogP contribution in [-0.2, 0) is 0 Å². The lowest BCUT2D eigenvalue weighted by atomic mass is 10.2. The molecule has 5 heteroatoms. The molecule has 0 N–H and O–H groups in total. The van der Waals surface area contributed by atoms with Crippen LogP contribution in [0.5, 0.6) is 0 Å². The first kappa shape index (κ1) is 9.48. The van der Waals surface area contributed by atoms with Crippen LogP contribution in [0.2, 0.25) is 0 Å². The van der Waals surface area contributed by atoms with E-state index in [0.717, 1.165) is 14.5 Å². The Balaban J connectivity index is 2.87. The quantitative estimate of drug-likeness (QED) is 0.459. The van der Waals surface area contributed by atoms with Crippen LogP contribution in [0.15, 0.2) is 23.1 Å². The molecule has 72 valence electrons. The average molecular weight is 225 g/mol. The monoisotopic (exact) mass is 225 g/mol. The van der Waals surface area contributed by atoms with E-state index in [-0.39, 0.29) is 10.6 Å². The second-order valence-electron chi connectivity index (χ2n) is 2.96. The predicted octanol–water partition coefficient (Wildman–Crippen LogP) is 3.41. The summed E-state index contributed by atoms with van der Waals surface area (Å²) < 4.78 is 0.889. The van der Waals surface area contributed by atoms with Crippen LogP contribution in [0, 0.1) is 17.0 Å². The van der Waals surface area contributed by atoms with Gasteiger partial charge in [-0.25, -0.2) is 0 Å². The molecule has 0 fully saturated rings. The zero-order valence-electron chi connectivity index (χ0n) is 7.35. The fourth-order valence-corrected chi connectivity index (χ4v) is 2.65. The van der Waals surface area contributed by atoms with Gasteiger partial charge < -0.3 is 0 Å². The van der Waals surface area contributed by atoms with Gasteiger partial charge >= 0.3 is 0 Å². The number of aryl methyl sites for hydroxylation is 1. The number of thiol groups is 1. The zero-order chi connectivity index (χ0) is 10.3. The van der Waals surface area contributed by atoms with Gasteiger partial charge in [0.1, 0.15) is 0 Å². The lowest BCUT2D eigenvalue weighted by Crippen LogP contribution is -1.87. The van der Waals surface area contributed by atoms with Crippen LogP contribution in [0.3, 0.4) is 0 Å². The molecular weight excluding hydrogens is 218 g/mol. The summed E-state index contributed by atoms with van der Waals surface area (Å²) in [5.74, 6) is 0. The molecule has 0 atom stereocenters. The minimum absolute atomic E-state index is 0.155. The predicted molar refractivity (Wildman–Crippen MR) is 60.5 cm³/mol. The van der Waals surface area contributed by atoms with Gasteiger partial charge in [0.15, 0.2) is 0 Å². The van der Waals surface area contributed by atoms with Crippen LogP contribution >= 0.6 is 24.0 Å². The summed E-state index contributed by atoms with van der Waals surface area (Å²) in [5, 5.41) is 11.4. The van der Waals surface area contributed by atoms with Gasteiger partial charge in [-0.3, -0.25) is 10.1 Å². The summed E-state index contributed by atoms with van der Waals surface area (Å²) in [6.07, 6.45) is 0. The molecule has 2 rings (SSSR count). The van der Waals surface area contributed by atoms with Gasteiger partial charge in [-0.05, 0) is 19.1 Å². The first-order chi connectivity index (χ1) is 6.59. The lowest BCUT2D eigenvalue weighted by molar-refractivity contribution is -0.383. The Morgan fingerprint density at radius 2 is 2.21 bits per heavy atom. The number of nitro benzene ring substituents is 1. The van der Waals surface area contributed by atoms with Crippen LogP contribution < -0.4 is 0 Å². The van der Waals surface area contributed by atoms with Crippen LogP contribution in [0.4, 0.5) is 5.69 Å². The molecule has 0 aliphatic rings. The Hall–Kier alpha value is -1.07. The smallest absolute Gasteiger partial charge is 0.258 e. The molecule has 0 bridgehead atoms. The Labute approximate surface area is 89.9 Å². The molecule has 3 nitrogen and oxygen atoms in total. The molecule has 14 heavy (non-hydrogen) atoms. The SMILES string of the molecule is Cc1cc2c([N+](=O)[O-])ccc(S)c2s1. The minimum atomic E-state index is -0.359. The number of non-ortho nitro benzene ring substituents is 1. The number of thiophene rings is 1. The number of hydrogen-bond donors (Lipinski definition) is 1. The number of nitro groups is 1. The molecule has 0 aliphatic heterocycles. The summed E-state index contributed by atoms with van der Waals surface area (Å²) in [7, 11) is 0. The van der Waals surface area contributed by atoms with Crippen molar-refractivity contribution in [2.45, 2.75) is 11.8 Å². The van der Waals surface area contributed by atoms with E-state index in [1.54, 1.807) is 6.07 Å². The van der Waals surface area contributed by atoms with E-state index in [1.165, 1.54) is 17.4 Å². The summed E-state index contributed by atoms with van der Waals surface area (Å²) >= 11 is 5.80. The van der Waals surface area contributed by atoms with Crippen molar-refractivity contribution in [1.82, 2.24) is 0 Å². The summed E-state index contributed by atoms with van der Waals surface area (Å²) in [6, 6.07) is 4.99. The van der Waals surface area contributed by atoms with Crippen molar-refractivity contribution in [3.63, 3.8) is 0 Å². The Morgan fingerprint density at radius 1 is 1.50 bits per heavy atom. The van der Waals surface area contributed by atoms with Crippen LogP contribution in [-0.4, -0.2) is 4.92 Å². The fourth-order valence-electron chi connectivity index (χ4n) is 1.38. The molecule has 1 aromatic carbocycles. The van der Waals surface area contributed by atoms with E-state index in [4.69, 9.17) is 0 Å². The van der Waals surface area contributed by atoms with Gasteiger partial charge in [0, 0.05) is 15.8 Å². The van der Waals surface area contributed by atoms with E-state index in [9.17, 15) is 10.1 Å². The topological polar surface area (TPSA) is 43.1 Å². The van der Waals surface area contributed by atoms with Gasteiger partial charge in [0.05, 0.1) is 15.0 Å². The third-order valence-electron chi connectivity index (χ3n) is 1.96. The minimum Gasteiger partial charge on any atom is -0.258 e. The summed E-state index contributed by atoms with van der Waals surface area (Å²) in [4.78, 5) is 12.2. The van der Waals surface area contributed by atoms with Crippen LogP contribution in [0.25, 0.3) is 10.1 Å². The number of hydrogen-bond acceptors (Lipinski definition) is 4. The molecule has 0 spiro atoms. The van der Waals surface area contributed by atoms with E-state index in [0.29, 0.717) is 5.39 Å². The number of benzene rings is 1. The maximum absolute atomic E-state index is 10.7. The third kappa shape index (κ3) is 1.38. The van der Waals surface area contributed by atoms with Gasteiger partial charge in [0.25, 0.3) is 5.69 Å². The van der Waals surface area contributed by atoms with Gasteiger partial charge in [-0.2, -0.15) is 0 Å². The van der Waals surface area contributed by atoms with Gasteiger partial charge in [-0.1, -0.05) is 0 Å². The second kappa shape index (κ2) is 3.25. The normalized spacial score (nSPS) is 10.7. The molecule has 0 saturated carbocycles. The van der Waals surface area contributed by atoms with Crippen molar-refractivity contribution in [2.24, 2.45) is 0 Å². The first-order valence-corrected chi connectivity index (χ1v) is 5.22. The molecule has 0 amide bonds. The summed E-state index contributed by atoms with van der Waals surface area (Å²) in [6.45, 7) is 1.93. The van der Waals surface area contributed by atoms with E-state index in [1.807, 2.05) is 13.0 Å². The number of fused-ring (bicyclic) bond motifs is 1. The third-order valence-corrected chi connectivity index (χ3v) is 3.57. The first-order valence-electron chi connectivity index (χ1n) is 3.96. The molecule has 1 aromatic heterocycles. The second-order valence-corrected chi connectivity index (χ2v) is 4.70. The maximum atomic E-state index is 10.7. The molecule has 0 aliphatic carbocycles. The van der Waals surface area contributed by atoms with E-state index >= 15 is 0 Å². The number of nitrogens with zero attached hydrogens (tertiary/aromatic N) is 1. The highest BCUT2D eigenvalue weighted by Gasteiger charge is 2.14. The number of rotatable bonds is 1. The lowest BCUT2D eigenvalue weighted by Gasteiger charge is -1.95. The van der Waals surface area contributed by atoms with Crippen molar-refractivity contribution in [1.29, 1.82) is 0 Å². The molecule has 1 heterocycles. The van der Waals surface area contributed by atoms with Gasteiger partial charge in [-0.15, -0.1) is 24.0 Å². The van der Waals surface area contributed by atoms with Crippen molar-refractivity contribution in [3.8, 4) is 0 Å². The van der Waals surface area contributed by atoms with Crippen molar-refractivity contribution >= 4 is 39.7 Å². The largest absolute Gasteiger partial charge is 0.278 e. The van der Waals surface area contributed by atoms with Crippen molar-refractivity contribution in [2.75, 3.05) is 0 Å². The van der Waals surface area contributed by atoms with Crippen molar-refractivity contribution in [3.05, 3.63) is 33.2 Å². The fraction of sp³-hybridized carbons (Fsp3) is 0.111.